The molecular formula is C32H36KNO3. The molecule has 0 radical (unpaired) electrons. The predicted octanol–water partition coefficient (Wildman–Crippen LogP) is 2.23. The Balaban J connectivity index is 0.00000380. The smallest absolute Gasteiger partial charge is 0.549 e. The zero-order valence-electron chi connectivity index (χ0n) is 22.4. The summed E-state index contributed by atoms with van der Waals surface area (Å²) in [4.78, 5) is 26.5. The van der Waals surface area contributed by atoms with E-state index in [9.17, 15) is 14.7 Å². The first kappa shape index (κ1) is 29.9. The van der Waals surface area contributed by atoms with Crippen molar-refractivity contribution in [2.24, 2.45) is 5.92 Å². The van der Waals surface area contributed by atoms with Gasteiger partial charge in [0.25, 0.3) is 0 Å². The van der Waals surface area contributed by atoms with Crippen LogP contribution in [0.15, 0.2) is 84.9 Å². The number of carbonyl (C=O) groups excluding carboxylic acids is 2. The van der Waals surface area contributed by atoms with Gasteiger partial charge in [-0.05, 0) is 61.5 Å². The van der Waals surface area contributed by atoms with Crippen LogP contribution in [0.1, 0.15) is 72.5 Å². The Hall–Kier alpha value is -1.60. The van der Waals surface area contributed by atoms with Gasteiger partial charge in [0.1, 0.15) is 0 Å². The first-order valence-corrected chi connectivity index (χ1v) is 13.0. The predicted molar refractivity (Wildman–Crippen MR) is 142 cm³/mol. The number of rotatable bonds is 10. The third-order valence-electron chi connectivity index (χ3n) is 7.74. The normalized spacial score (nSPS) is 14.8. The van der Waals surface area contributed by atoms with Crippen LogP contribution in [-0.4, -0.2) is 36.3 Å². The van der Waals surface area contributed by atoms with Crippen molar-refractivity contribution in [2.45, 2.75) is 50.9 Å². The monoisotopic (exact) mass is 521 g/mol. The maximum absolute atomic E-state index is 12.7. The molecule has 37 heavy (non-hydrogen) atoms. The third-order valence-corrected chi connectivity index (χ3v) is 7.74. The first-order chi connectivity index (χ1) is 17.4. The SMILES string of the molecule is CC(C)(C(=O)[O-])c1ccc(C(=O)CCCN2CCC(C(c3ccccc3)c3ccccc3)CC2)cc1.[K+]. The molecule has 5 heteroatoms. The van der Waals surface area contributed by atoms with E-state index in [4.69, 9.17) is 0 Å². The van der Waals surface area contributed by atoms with E-state index in [1.54, 1.807) is 38.1 Å². The molecule has 3 aromatic carbocycles. The fraction of sp³-hybridized carbons (Fsp3) is 0.375. The zero-order valence-corrected chi connectivity index (χ0v) is 25.5. The Morgan fingerprint density at radius 1 is 0.865 bits per heavy atom. The molecule has 4 rings (SSSR count). The fourth-order valence-corrected chi connectivity index (χ4v) is 5.37. The second-order valence-electron chi connectivity index (χ2n) is 10.5. The van der Waals surface area contributed by atoms with Crippen molar-refractivity contribution in [3.8, 4) is 0 Å². The molecule has 3 aromatic rings. The maximum Gasteiger partial charge on any atom is 1.00 e. The van der Waals surface area contributed by atoms with Gasteiger partial charge in [-0.2, -0.15) is 0 Å². The quantitative estimate of drug-likeness (QED) is 0.303. The summed E-state index contributed by atoms with van der Waals surface area (Å²) in [5.41, 5.74) is 2.99. The topological polar surface area (TPSA) is 60.4 Å². The third kappa shape index (κ3) is 7.72. The van der Waals surface area contributed by atoms with Crippen LogP contribution in [-0.2, 0) is 10.2 Å². The zero-order chi connectivity index (χ0) is 25.5. The Morgan fingerprint density at radius 2 is 1.38 bits per heavy atom. The van der Waals surface area contributed by atoms with Crippen LogP contribution in [0.5, 0.6) is 0 Å². The van der Waals surface area contributed by atoms with Crippen molar-refractivity contribution in [3.05, 3.63) is 107 Å². The summed E-state index contributed by atoms with van der Waals surface area (Å²) in [6.07, 6.45) is 3.63. The molecule has 1 fully saturated rings. The molecule has 4 nitrogen and oxygen atoms in total. The number of carboxylic acids is 1. The number of hydrogen-bond acceptors (Lipinski definition) is 4. The number of piperidine rings is 1. The van der Waals surface area contributed by atoms with Crippen LogP contribution in [0.4, 0.5) is 0 Å². The van der Waals surface area contributed by atoms with E-state index in [0.29, 0.717) is 29.4 Å². The van der Waals surface area contributed by atoms with Crippen LogP contribution in [0.25, 0.3) is 0 Å². The number of nitrogens with zero attached hydrogens (tertiary/aromatic N) is 1. The minimum Gasteiger partial charge on any atom is -0.549 e. The number of aliphatic carboxylic acids is 1. The molecule has 0 amide bonds. The fourth-order valence-electron chi connectivity index (χ4n) is 5.37. The molecule has 188 valence electrons. The van der Waals surface area contributed by atoms with Gasteiger partial charge in [0.15, 0.2) is 5.78 Å². The molecule has 0 bridgehead atoms. The van der Waals surface area contributed by atoms with Gasteiger partial charge < -0.3 is 14.8 Å². The summed E-state index contributed by atoms with van der Waals surface area (Å²) in [7, 11) is 0. The number of carbonyl (C=O) groups is 2. The molecule has 0 N–H and O–H groups in total. The molecule has 1 aliphatic heterocycles. The van der Waals surface area contributed by atoms with Crippen molar-refractivity contribution in [1.29, 1.82) is 0 Å². The second kappa shape index (κ2) is 14.0. The van der Waals surface area contributed by atoms with E-state index >= 15 is 0 Å². The van der Waals surface area contributed by atoms with Crippen LogP contribution in [0, 0.1) is 5.92 Å². The Morgan fingerprint density at radius 3 is 1.86 bits per heavy atom. The number of ketones is 1. The average Bonchev–Trinajstić information content (AvgIpc) is 2.91. The Kier molecular flexibility index (Phi) is 11.3. The van der Waals surface area contributed by atoms with Gasteiger partial charge in [0, 0.05) is 23.3 Å². The van der Waals surface area contributed by atoms with E-state index < -0.39 is 11.4 Å². The van der Waals surface area contributed by atoms with Crippen LogP contribution < -0.4 is 56.5 Å². The summed E-state index contributed by atoms with van der Waals surface area (Å²) in [6, 6.07) is 28.6. The van der Waals surface area contributed by atoms with E-state index in [0.717, 1.165) is 38.9 Å². The molecule has 1 saturated heterocycles. The number of hydrogen-bond donors (Lipinski definition) is 0. The van der Waals surface area contributed by atoms with Crippen molar-refractivity contribution in [3.63, 3.8) is 0 Å². The van der Waals surface area contributed by atoms with E-state index in [1.165, 1.54) is 11.1 Å². The summed E-state index contributed by atoms with van der Waals surface area (Å²) >= 11 is 0. The molecule has 0 spiro atoms. The molecule has 0 aliphatic carbocycles. The van der Waals surface area contributed by atoms with Gasteiger partial charge in [0.2, 0.25) is 0 Å². The van der Waals surface area contributed by atoms with Gasteiger partial charge in [-0.15, -0.1) is 0 Å². The molecule has 0 aromatic heterocycles. The van der Waals surface area contributed by atoms with Crippen molar-refractivity contribution in [1.82, 2.24) is 4.90 Å². The number of likely N-dealkylation sites (tertiary alicyclic amines) is 1. The summed E-state index contributed by atoms with van der Waals surface area (Å²) in [6.45, 7) is 6.27. The molecule has 0 saturated carbocycles. The Labute approximate surface area is 263 Å². The molecule has 0 unspecified atom stereocenters. The van der Waals surface area contributed by atoms with Gasteiger partial charge in [-0.3, -0.25) is 4.79 Å². The molecular weight excluding hydrogens is 485 g/mol. The van der Waals surface area contributed by atoms with Crippen molar-refractivity contribution < 1.29 is 66.1 Å². The van der Waals surface area contributed by atoms with Gasteiger partial charge >= 0.3 is 51.4 Å². The van der Waals surface area contributed by atoms with Gasteiger partial charge in [-0.1, -0.05) is 98.8 Å². The average molecular weight is 522 g/mol. The largest absolute Gasteiger partial charge is 1.00 e. The van der Waals surface area contributed by atoms with Crippen LogP contribution in [0.3, 0.4) is 0 Å². The van der Waals surface area contributed by atoms with E-state index in [2.05, 4.69) is 65.6 Å². The van der Waals surface area contributed by atoms with Crippen LogP contribution >= 0.6 is 0 Å². The number of carboxylic acid groups (broad SMARTS) is 1. The Bertz CT molecular complexity index is 1100. The number of Topliss-reactive ketones (excluding diaryl/α,β-unsaturated/α-hetero) is 1. The summed E-state index contributed by atoms with van der Waals surface area (Å²) in [5.74, 6) is 0.0116. The van der Waals surface area contributed by atoms with Crippen LogP contribution in [0.2, 0.25) is 0 Å². The number of benzene rings is 3. The molecule has 1 heterocycles. The van der Waals surface area contributed by atoms with Gasteiger partial charge in [-0.25, -0.2) is 0 Å². The summed E-state index contributed by atoms with van der Waals surface area (Å²) < 4.78 is 0. The van der Waals surface area contributed by atoms with E-state index in [1.807, 2.05) is 0 Å². The first-order valence-electron chi connectivity index (χ1n) is 13.0. The maximum atomic E-state index is 12.7. The second-order valence-corrected chi connectivity index (χ2v) is 10.5. The van der Waals surface area contributed by atoms with Crippen molar-refractivity contribution >= 4 is 11.8 Å². The minimum atomic E-state index is -1.12. The standard InChI is InChI=1S/C32H37NO3.K/c1-32(2,31(35)36)28-17-15-24(16-18-28)29(34)14-9-21-33-22-19-27(20-23-33)30(25-10-5-3-6-11-25)26-12-7-4-8-13-26;/h3-8,10-13,15-18,27,30H,9,14,19-23H2,1-2H3,(H,35,36);/q;+1/p-1. The summed E-state index contributed by atoms with van der Waals surface area (Å²) in [5, 5.41) is 11.4. The van der Waals surface area contributed by atoms with Gasteiger partial charge in [0.05, 0.1) is 5.97 Å². The van der Waals surface area contributed by atoms with Crippen molar-refractivity contribution in [2.75, 3.05) is 19.6 Å². The molecule has 1 aliphatic rings. The molecule has 0 atom stereocenters. The minimum absolute atomic E-state index is 0. The van der Waals surface area contributed by atoms with E-state index in [-0.39, 0.29) is 57.2 Å².